The minimum absolute atomic E-state index is 0.0610. The molecule has 5 nitrogen and oxygen atoms in total. The van der Waals surface area contributed by atoms with Gasteiger partial charge >= 0.3 is 5.00 Å². The highest BCUT2D eigenvalue weighted by Gasteiger charge is 2.17. The number of para-hydroxylation sites is 1. The van der Waals surface area contributed by atoms with Crippen molar-refractivity contribution in [1.82, 2.24) is 0 Å². The SMILES string of the molecule is CC(Cl)c1ccccc1NC(=O)c1ccc([N+](=O)[O-])s1. The van der Waals surface area contributed by atoms with Crippen molar-refractivity contribution in [3.63, 3.8) is 0 Å². The number of hydrogen-bond donors (Lipinski definition) is 1. The summed E-state index contributed by atoms with van der Waals surface area (Å²) in [5.41, 5.74) is 1.41. The summed E-state index contributed by atoms with van der Waals surface area (Å²) in [6, 6.07) is 9.94. The van der Waals surface area contributed by atoms with E-state index in [9.17, 15) is 14.9 Å². The highest BCUT2D eigenvalue weighted by Crippen LogP contribution is 2.29. The van der Waals surface area contributed by atoms with Crippen molar-refractivity contribution in [1.29, 1.82) is 0 Å². The standard InChI is InChI=1S/C13H11ClN2O3S/c1-8(14)9-4-2-3-5-10(9)15-13(17)11-6-7-12(20-11)16(18)19/h2-8H,1H3,(H,15,17). The Labute approximate surface area is 124 Å². The molecule has 0 spiro atoms. The molecule has 104 valence electrons. The Kier molecular flexibility index (Phi) is 4.36. The van der Waals surface area contributed by atoms with Crippen LogP contribution in [0.5, 0.6) is 0 Å². The normalized spacial score (nSPS) is 11.9. The number of hydrogen-bond acceptors (Lipinski definition) is 4. The van der Waals surface area contributed by atoms with Crippen LogP contribution in [0.2, 0.25) is 0 Å². The van der Waals surface area contributed by atoms with Crippen LogP contribution in [0.1, 0.15) is 27.5 Å². The molecule has 1 N–H and O–H groups in total. The second-order valence-electron chi connectivity index (χ2n) is 4.05. The van der Waals surface area contributed by atoms with E-state index < -0.39 is 4.92 Å². The third kappa shape index (κ3) is 3.15. The number of rotatable bonds is 4. The van der Waals surface area contributed by atoms with Crippen LogP contribution in [-0.2, 0) is 0 Å². The predicted octanol–water partition coefficient (Wildman–Crippen LogP) is 4.21. The van der Waals surface area contributed by atoms with Gasteiger partial charge in [0.2, 0.25) is 0 Å². The molecule has 0 fully saturated rings. The average Bonchev–Trinajstić information content (AvgIpc) is 2.89. The molecule has 0 radical (unpaired) electrons. The molecule has 0 aliphatic rings. The molecule has 2 aromatic rings. The first-order valence-electron chi connectivity index (χ1n) is 5.77. The number of anilines is 1. The number of carbonyl (C=O) groups is 1. The largest absolute Gasteiger partial charge is 0.324 e. The van der Waals surface area contributed by atoms with Gasteiger partial charge in [0.15, 0.2) is 0 Å². The van der Waals surface area contributed by atoms with Gasteiger partial charge in [0.25, 0.3) is 5.91 Å². The average molecular weight is 311 g/mol. The minimum Gasteiger partial charge on any atom is -0.321 e. The summed E-state index contributed by atoms with van der Waals surface area (Å²) in [5.74, 6) is -0.382. The van der Waals surface area contributed by atoms with Gasteiger partial charge in [-0.05, 0) is 24.6 Å². The summed E-state index contributed by atoms with van der Waals surface area (Å²) in [7, 11) is 0. The minimum atomic E-state index is -0.518. The van der Waals surface area contributed by atoms with E-state index in [4.69, 9.17) is 11.6 Å². The van der Waals surface area contributed by atoms with Crippen molar-refractivity contribution in [2.24, 2.45) is 0 Å². The molecule has 20 heavy (non-hydrogen) atoms. The molecule has 1 aromatic heterocycles. The monoisotopic (exact) mass is 310 g/mol. The third-order valence-electron chi connectivity index (χ3n) is 2.63. The summed E-state index contributed by atoms with van der Waals surface area (Å²) < 4.78 is 0. The first-order valence-corrected chi connectivity index (χ1v) is 7.03. The zero-order chi connectivity index (χ0) is 14.7. The van der Waals surface area contributed by atoms with Crippen molar-refractivity contribution in [3.8, 4) is 0 Å². The lowest BCUT2D eigenvalue weighted by atomic mass is 10.1. The van der Waals surface area contributed by atoms with Crippen LogP contribution in [0, 0.1) is 10.1 Å². The summed E-state index contributed by atoms with van der Waals surface area (Å²) in [4.78, 5) is 22.4. The van der Waals surface area contributed by atoms with Gasteiger partial charge in [-0.1, -0.05) is 29.5 Å². The lowest BCUT2D eigenvalue weighted by Gasteiger charge is -2.11. The number of benzene rings is 1. The molecule has 7 heteroatoms. The highest BCUT2D eigenvalue weighted by atomic mass is 35.5. The quantitative estimate of drug-likeness (QED) is 0.522. The van der Waals surface area contributed by atoms with E-state index in [1.165, 1.54) is 12.1 Å². The zero-order valence-corrected chi connectivity index (χ0v) is 12.1. The number of thiophene rings is 1. The Hall–Kier alpha value is -1.92. The third-order valence-corrected chi connectivity index (χ3v) is 3.90. The van der Waals surface area contributed by atoms with E-state index in [1.807, 2.05) is 19.1 Å². The fourth-order valence-electron chi connectivity index (χ4n) is 1.69. The molecule has 0 aliphatic carbocycles. The van der Waals surface area contributed by atoms with Crippen molar-refractivity contribution in [3.05, 3.63) is 57.0 Å². The second kappa shape index (κ2) is 6.02. The molecule has 1 atom stereocenters. The fraction of sp³-hybridized carbons (Fsp3) is 0.154. The van der Waals surface area contributed by atoms with E-state index in [-0.39, 0.29) is 21.2 Å². The van der Waals surface area contributed by atoms with Gasteiger partial charge in [-0.15, -0.1) is 11.6 Å². The van der Waals surface area contributed by atoms with Gasteiger partial charge in [0, 0.05) is 11.8 Å². The van der Waals surface area contributed by atoms with Gasteiger partial charge in [-0.25, -0.2) is 0 Å². The molecule has 1 heterocycles. The number of alkyl halides is 1. The molecule has 0 saturated heterocycles. The molecule has 0 bridgehead atoms. The molecule has 0 saturated carbocycles. The van der Waals surface area contributed by atoms with Crippen molar-refractivity contribution >= 4 is 39.5 Å². The first kappa shape index (κ1) is 14.5. The van der Waals surface area contributed by atoms with Crippen molar-refractivity contribution in [2.75, 3.05) is 5.32 Å². The predicted molar refractivity (Wildman–Crippen MR) is 79.6 cm³/mol. The topological polar surface area (TPSA) is 72.2 Å². The van der Waals surface area contributed by atoms with Gasteiger partial charge < -0.3 is 5.32 Å². The Morgan fingerprint density at radius 3 is 2.65 bits per heavy atom. The van der Waals surface area contributed by atoms with Gasteiger partial charge in [0.1, 0.15) is 0 Å². The van der Waals surface area contributed by atoms with Crippen LogP contribution in [0.3, 0.4) is 0 Å². The molecule has 2 rings (SSSR count). The summed E-state index contributed by atoms with van der Waals surface area (Å²) in [6.07, 6.45) is 0. The van der Waals surface area contributed by atoms with Crippen LogP contribution in [0.25, 0.3) is 0 Å². The first-order chi connectivity index (χ1) is 9.49. The Bertz CT molecular complexity index is 655. The van der Waals surface area contributed by atoms with E-state index in [0.717, 1.165) is 16.9 Å². The number of amides is 1. The Morgan fingerprint density at radius 1 is 1.35 bits per heavy atom. The zero-order valence-electron chi connectivity index (χ0n) is 10.5. The number of carbonyl (C=O) groups excluding carboxylic acids is 1. The Morgan fingerprint density at radius 2 is 2.05 bits per heavy atom. The van der Waals surface area contributed by atoms with Gasteiger partial charge in [-0.2, -0.15) is 0 Å². The van der Waals surface area contributed by atoms with Crippen LogP contribution < -0.4 is 5.32 Å². The fourth-order valence-corrected chi connectivity index (χ4v) is 2.60. The van der Waals surface area contributed by atoms with Crippen LogP contribution in [-0.4, -0.2) is 10.8 Å². The maximum absolute atomic E-state index is 12.1. The summed E-state index contributed by atoms with van der Waals surface area (Å²) in [6.45, 7) is 1.81. The summed E-state index contributed by atoms with van der Waals surface area (Å²) >= 11 is 6.88. The highest BCUT2D eigenvalue weighted by molar-refractivity contribution is 7.17. The maximum Gasteiger partial charge on any atom is 0.324 e. The maximum atomic E-state index is 12.1. The lowest BCUT2D eigenvalue weighted by Crippen LogP contribution is -2.11. The van der Waals surface area contributed by atoms with Crippen LogP contribution >= 0.6 is 22.9 Å². The van der Waals surface area contributed by atoms with E-state index in [1.54, 1.807) is 12.1 Å². The molecular formula is C13H11ClN2O3S. The molecule has 1 unspecified atom stereocenters. The van der Waals surface area contributed by atoms with Crippen molar-refractivity contribution in [2.45, 2.75) is 12.3 Å². The smallest absolute Gasteiger partial charge is 0.321 e. The molecular weight excluding hydrogens is 300 g/mol. The van der Waals surface area contributed by atoms with E-state index in [0.29, 0.717) is 5.69 Å². The van der Waals surface area contributed by atoms with E-state index >= 15 is 0 Å². The number of halogens is 1. The van der Waals surface area contributed by atoms with Crippen LogP contribution in [0.4, 0.5) is 10.7 Å². The molecule has 1 amide bonds. The van der Waals surface area contributed by atoms with Gasteiger partial charge in [0.05, 0.1) is 15.2 Å². The number of nitrogens with one attached hydrogen (secondary N) is 1. The molecule has 1 aromatic carbocycles. The second-order valence-corrected chi connectivity index (χ2v) is 5.77. The van der Waals surface area contributed by atoms with Crippen molar-refractivity contribution < 1.29 is 9.72 Å². The van der Waals surface area contributed by atoms with Crippen LogP contribution in [0.15, 0.2) is 36.4 Å². The Balaban J connectivity index is 2.21. The van der Waals surface area contributed by atoms with E-state index in [2.05, 4.69) is 5.32 Å². The molecule has 0 aliphatic heterocycles. The lowest BCUT2D eigenvalue weighted by molar-refractivity contribution is -0.380. The number of nitro groups is 1. The van der Waals surface area contributed by atoms with Gasteiger partial charge in [-0.3, -0.25) is 14.9 Å². The number of nitrogens with zero attached hydrogens (tertiary/aromatic N) is 1. The summed E-state index contributed by atoms with van der Waals surface area (Å²) in [5, 5.41) is 13.0.